The average molecular weight is 452 g/mol. The highest BCUT2D eigenvalue weighted by atomic mass is 16.7. The Kier molecular flexibility index (Phi) is 12.4. The molecule has 6 heteroatoms. The maximum absolute atomic E-state index is 9.22. The Labute approximate surface area is 195 Å². The van der Waals surface area contributed by atoms with Gasteiger partial charge in [-0.1, -0.05) is 20.3 Å². The van der Waals surface area contributed by atoms with E-state index in [1.165, 1.54) is 17.5 Å². The SMILES string of the molecule is CC.COc1cc2c(cc1OC)CN(CC(CCCCO)[C@@H](C)OC1CCCCO1)CC2. The Morgan fingerprint density at radius 3 is 2.44 bits per heavy atom. The minimum Gasteiger partial charge on any atom is -0.493 e. The molecule has 32 heavy (non-hydrogen) atoms. The molecule has 3 rings (SSSR count). The van der Waals surface area contributed by atoms with E-state index in [1.54, 1.807) is 14.2 Å². The third-order valence-corrected chi connectivity index (χ3v) is 6.44. The summed E-state index contributed by atoms with van der Waals surface area (Å²) in [5, 5.41) is 9.22. The zero-order chi connectivity index (χ0) is 23.3. The third kappa shape index (κ3) is 7.91. The number of aliphatic hydroxyl groups excluding tert-OH is 1. The fraction of sp³-hybridized carbons (Fsp3) is 0.769. The number of ether oxygens (including phenoxy) is 4. The molecule has 1 N–H and O–H groups in total. The molecule has 0 radical (unpaired) electrons. The van der Waals surface area contributed by atoms with Gasteiger partial charge in [0.1, 0.15) is 0 Å². The summed E-state index contributed by atoms with van der Waals surface area (Å²) in [6.07, 6.45) is 7.33. The van der Waals surface area contributed by atoms with Crippen molar-refractivity contribution < 1.29 is 24.1 Å². The molecule has 2 unspecified atom stereocenters. The fourth-order valence-electron chi connectivity index (χ4n) is 4.59. The zero-order valence-corrected chi connectivity index (χ0v) is 20.9. The molecule has 2 aliphatic heterocycles. The Morgan fingerprint density at radius 1 is 1.09 bits per heavy atom. The van der Waals surface area contributed by atoms with E-state index in [0.29, 0.717) is 5.92 Å². The normalized spacial score (nSPS) is 20.5. The summed E-state index contributed by atoms with van der Waals surface area (Å²) >= 11 is 0. The molecule has 184 valence electrons. The lowest BCUT2D eigenvalue weighted by Crippen LogP contribution is -2.40. The van der Waals surface area contributed by atoms with Crippen LogP contribution in [-0.2, 0) is 22.4 Å². The van der Waals surface area contributed by atoms with Crippen LogP contribution in [0.5, 0.6) is 11.5 Å². The van der Waals surface area contributed by atoms with E-state index in [9.17, 15) is 5.11 Å². The first kappa shape index (κ1) is 26.9. The smallest absolute Gasteiger partial charge is 0.161 e. The van der Waals surface area contributed by atoms with Crippen LogP contribution in [0.1, 0.15) is 70.4 Å². The highest BCUT2D eigenvalue weighted by Gasteiger charge is 2.27. The highest BCUT2D eigenvalue weighted by molar-refractivity contribution is 5.48. The number of unbranched alkanes of at least 4 members (excludes halogenated alkanes) is 1. The first-order valence-electron chi connectivity index (χ1n) is 12.5. The number of benzene rings is 1. The van der Waals surface area contributed by atoms with Crippen molar-refractivity contribution in [1.82, 2.24) is 4.90 Å². The van der Waals surface area contributed by atoms with Gasteiger partial charge in [-0.15, -0.1) is 0 Å². The van der Waals surface area contributed by atoms with Crippen molar-refractivity contribution >= 4 is 0 Å². The Morgan fingerprint density at radius 2 is 1.81 bits per heavy atom. The van der Waals surface area contributed by atoms with Gasteiger partial charge < -0.3 is 24.1 Å². The molecule has 0 bridgehead atoms. The number of nitrogens with zero attached hydrogens (tertiary/aromatic N) is 1. The third-order valence-electron chi connectivity index (χ3n) is 6.44. The topological polar surface area (TPSA) is 60.4 Å². The zero-order valence-electron chi connectivity index (χ0n) is 20.9. The molecule has 0 aliphatic carbocycles. The molecule has 2 heterocycles. The second kappa shape index (κ2) is 14.7. The lowest BCUT2D eigenvalue weighted by atomic mass is 9.93. The van der Waals surface area contributed by atoms with E-state index in [2.05, 4.69) is 24.0 Å². The van der Waals surface area contributed by atoms with Crippen LogP contribution >= 0.6 is 0 Å². The summed E-state index contributed by atoms with van der Waals surface area (Å²) in [5.74, 6) is 2.02. The summed E-state index contributed by atoms with van der Waals surface area (Å²) < 4.78 is 23.1. The van der Waals surface area contributed by atoms with Crippen LogP contribution in [0.4, 0.5) is 0 Å². The molecule has 0 saturated carbocycles. The summed E-state index contributed by atoms with van der Waals surface area (Å²) in [6, 6.07) is 4.24. The summed E-state index contributed by atoms with van der Waals surface area (Å²) in [6.45, 7) is 10.2. The van der Waals surface area contributed by atoms with Crippen LogP contribution in [0.2, 0.25) is 0 Å². The van der Waals surface area contributed by atoms with Crippen molar-refractivity contribution in [3.05, 3.63) is 23.3 Å². The van der Waals surface area contributed by atoms with Crippen LogP contribution in [0, 0.1) is 5.92 Å². The molecular weight excluding hydrogens is 406 g/mol. The molecule has 6 nitrogen and oxygen atoms in total. The number of methoxy groups -OCH3 is 2. The summed E-state index contributed by atoms with van der Waals surface area (Å²) in [7, 11) is 3.38. The molecule has 0 spiro atoms. The van der Waals surface area contributed by atoms with Crippen molar-refractivity contribution in [3.8, 4) is 11.5 Å². The molecule has 0 amide bonds. The van der Waals surface area contributed by atoms with Crippen LogP contribution in [0.15, 0.2) is 12.1 Å². The maximum Gasteiger partial charge on any atom is 0.161 e. The van der Waals surface area contributed by atoms with Crippen LogP contribution < -0.4 is 9.47 Å². The van der Waals surface area contributed by atoms with E-state index in [-0.39, 0.29) is 19.0 Å². The van der Waals surface area contributed by atoms with Gasteiger partial charge in [0.25, 0.3) is 0 Å². The Bertz CT molecular complexity index is 647. The monoisotopic (exact) mass is 451 g/mol. The fourth-order valence-corrected chi connectivity index (χ4v) is 4.59. The molecule has 3 atom stereocenters. The predicted octanol–water partition coefficient (Wildman–Crippen LogP) is 4.80. The van der Waals surface area contributed by atoms with Crippen molar-refractivity contribution in [2.24, 2.45) is 5.92 Å². The molecule has 0 aromatic heterocycles. The van der Waals surface area contributed by atoms with Gasteiger partial charge in [-0.25, -0.2) is 0 Å². The van der Waals surface area contributed by atoms with Gasteiger partial charge in [0.05, 0.1) is 20.3 Å². The number of aliphatic hydroxyl groups is 1. The highest BCUT2D eigenvalue weighted by Crippen LogP contribution is 2.34. The molecular formula is C26H45NO5. The van der Waals surface area contributed by atoms with E-state index in [1.807, 2.05) is 13.8 Å². The first-order chi connectivity index (χ1) is 15.6. The van der Waals surface area contributed by atoms with Crippen LogP contribution in [0.3, 0.4) is 0 Å². The van der Waals surface area contributed by atoms with Gasteiger partial charge in [-0.2, -0.15) is 0 Å². The number of fused-ring (bicyclic) bond motifs is 1. The van der Waals surface area contributed by atoms with Crippen molar-refractivity contribution in [2.75, 3.05) is 40.5 Å². The maximum atomic E-state index is 9.22. The van der Waals surface area contributed by atoms with Gasteiger partial charge in [0, 0.05) is 32.8 Å². The molecule has 1 aromatic rings. The van der Waals surface area contributed by atoms with Gasteiger partial charge in [0.2, 0.25) is 0 Å². The van der Waals surface area contributed by atoms with E-state index >= 15 is 0 Å². The van der Waals surface area contributed by atoms with Crippen molar-refractivity contribution in [2.45, 2.75) is 84.7 Å². The van der Waals surface area contributed by atoms with E-state index in [4.69, 9.17) is 18.9 Å². The van der Waals surface area contributed by atoms with Crippen molar-refractivity contribution in [3.63, 3.8) is 0 Å². The van der Waals surface area contributed by atoms with Gasteiger partial charge in [-0.3, -0.25) is 4.90 Å². The second-order valence-electron chi connectivity index (χ2n) is 8.58. The number of hydrogen-bond acceptors (Lipinski definition) is 6. The minimum atomic E-state index is -0.0621. The first-order valence-corrected chi connectivity index (χ1v) is 12.5. The second-order valence-corrected chi connectivity index (χ2v) is 8.58. The van der Waals surface area contributed by atoms with Crippen LogP contribution in [0.25, 0.3) is 0 Å². The average Bonchev–Trinajstić information content (AvgIpc) is 2.84. The molecule has 1 aromatic carbocycles. The standard InChI is InChI=1S/C24H39NO5.C2H6/c1-18(30-24-9-5-7-13-29-24)20(8-4-6-12-26)16-25-11-10-19-14-22(27-2)23(28-3)15-21(19)17-25;1-2/h14-15,18,20,24,26H,4-13,16-17H2,1-3H3;1-2H3/t18-,20?,24?;/m1./s1. The van der Waals surface area contributed by atoms with E-state index < -0.39 is 0 Å². The summed E-state index contributed by atoms with van der Waals surface area (Å²) in [4.78, 5) is 2.53. The van der Waals surface area contributed by atoms with Gasteiger partial charge in [0.15, 0.2) is 17.8 Å². The van der Waals surface area contributed by atoms with Crippen molar-refractivity contribution in [1.29, 1.82) is 0 Å². The molecule has 1 saturated heterocycles. The lowest BCUT2D eigenvalue weighted by Gasteiger charge is -2.36. The number of hydrogen-bond donors (Lipinski definition) is 1. The predicted molar refractivity (Wildman–Crippen MR) is 128 cm³/mol. The molecule has 1 fully saturated rings. The van der Waals surface area contributed by atoms with E-state index in [0.717, 1.165) is 76.3 Å². The Balaban J connectivity index is 0.00000176. The Hall–Kier alpha value is -1.34. The number of rotatable bonds is 11. The summed E-state index contributed by atoms with van der Waals surface area (Å²) in [5.41, 5.74) is 2.66. The van der Waals surface area contributed by atoms with Crippen LogP contribution in [-0.4, -0.2) is 62.9 Å². The molecule has 2 aliphatic rings. The van der Waals surface area contributed by atoms with Gasteiger partial charge >= 0.3 is 0 Å². The van der Waals surface area contributed by atoms with Gasteiger partial charge in [-0.05, 0) is 74.6 Å². The minimum absolute atomic E-state index is 0.0621. The largest absolute Gasteiger partial charge is 0.493 e. The quantitative estimate of drug-likeness (QED) is 0.488. The lowest BCUT2D eigenvalue weighted by molar-refractivity contribution is -0.196.